The maximum atomic E-state index is 11.6. The highest BCUT2D eigenvalue weighted by Crippen LogP contribution is 2.21. The Labute approximate surface area is 167 Å². The van der Waals surface area contributed by atoms with E-state index in [2.05, 4.69) is 13.8 Å². The molecule has 0 spiro atoms. The van der Waals surface area contributed by atoms with Crippen LogP contribution in [0.4, 0.5) is 0 Å². The maximum absolute atomic E-state index is 11.6. The molecular weight excluding hydrogens is 336 g/mol. The van der Waals surface area contributed by atoms with Crippen molar-refractivity contribution in [1.29, 1.82) is 0 Å². The van der Waals surface area contributed by atoms with Gasteiger partial charge < -0.3 is 9.47 Å². The van der Waals surface area contributed by atoms with Crippen LogP contribution in [-0.2, 0) is 9.53 Å². The highest BCUT2D eigenvalue weighted by atomic mass is 16.6. The topological polar surface area (TPSA) is 35.5 Å². The molecule has 0 heterocycles. The summed E-state index contributed by atoms with van der Waals surface area (Å²) in [5.74, 6) is 0.620. The Morgan fingerprint density at radius 1 is 0.815 bits per heavy atom. The summed E-state index contributed by atoms with van der Waals surface area (Å²) in [7, 11) is 0. The molecule has 0 amide bonds. The lowest BCUT2D eigenvalue weighted by molar-refractivity contribution is -0.154. The van der Waals surface area contributed by atoms with E-state index in [4.69, 9.17) is 9.47 Å². The number of esters is 1. The SMILES string of the molecule is CCC(C)(C)C(=O)OCCOc1ccccc1.CCCCCCCCCC. The van der Waals surface area contributed by atoms with E-state index in [-0.39, 0.29) is 12.6 Å². The quantitative estimate of drug-likeness (QED) is 0.269. The Morgan fingerprint density at radius 2 is 1.33 bits per heavy atom. The van der Waals surface area contributed by atoms with Crippen LogP contribution in [0.3, 0.4) is 0 Å². The smallest absolute Gasteiger partial charge is 0.311 e. The molecule has 0 aromatic heterocycles. The Bertz CT molecular complexity index is 446. The van der Waals surface area contributed by atoms with Crippen LogP contribution in [0.2, 0.25) is 0 Å². The normalized spacial score (nSPS) is 10.7. The van der Waals surface area contributed by atoms with Gasteiger partial charge in [0.05, 0.1) is 5.41 Å². The van der Waals surface area contributed by atoms with Gasteiger partial charge in [-0.05, 0) is 32.4 Å². The third-order valence-corrected chi connectivity index (χ3v) is 4.72. The minimum atomic E-state index is -0.410. The summed E-state index contributed by atoms with van der Waals surface area (Å²) in [6, 6.07) is 9.48. The zero-order chi connectivity index (χ0) is 20.4. The predicted molar refractivity (Wildman–Crippen MR) is 115 cm³/mol. The Hall–Kier alpha value is -1.51. The summed E-state index contributed by atoms with van der Waals surface area (Å²) in [5, 5.41) is 0. The highest BCUT2D eigenvalue weighted by Gasteiger charge is 2.26. The van der Waals surface area contributed by atoms with E-state index >= 15 is 0 Å². The van der Waals surface area contributed by atoms with Gasteiger partial charge >= 0.3 is 5.97 Å². The zero-order valence-corrected chi connectivity index (χ0v) is 18.4. The summed E-state index contributed by atoms with van der Waals surface area (Å²) >= 11 is 0. The first-order valence-corrected chi connectivity index (χ1v) is 10.8. The number of carbonyl (C=O) groups excluding carboxylic acids is 1. The third-order valence-electron chi connectivity index (χ3n) is 4.72. The number of unbranched alkanes of at least 4 members (excludes halogenated alkanes) is 7. The van der Waals surface area contributed by atoms with Crippen molar-refractivity contribution in [1.82, 2.24) is 0 Å². The van der Waals surface area contributed by atoms with Gasteiger partial charge in [0.25, 0.3) is 0 Å². The van der Waals surface area contributed by atoms with E-state index in [0.717, 1.165) is 12.2 Å². The number of para-hydroxylation sites is 1. The standard InChI is InChI=1S/C14H20O3.C10H22/c1-4-14(2,3)13(15)17-11-10-16-12-8-6-5-7-9-12;1-3-5-7-9-10-8-6-4-2/h5-9H,4,10-11H2,1-3H3;3-10H2,1-2H3. The molecule has 0 fully saturated rings. The van der Waals surface area contributed by atoms with Crippen molar-refractivity contribution in [3.8, 4) is 5.75 Å². The molecular formula is C24H42O3. The number of hydrogen-bond donors (Lipinski definition) is 0. The van der Waals surface area contributed by atoms with E-state index in [9.17, 15) is 4.79 Å². The Kier molecular flexibility index (Phi) is 15.7. The van der Waals surface area contributed by atoms with Crippen molar-refractivity contribution in [3.05, 3.63) is 30.3 Å². The molecule has 1 rings (SSSR count). The lowest BCUT2D eigenvalue weighted by Gasteiger charge is -2.20. The molecule has 0 unspecified atom stereocenters. The molecule has 3 nitrogen and oxygen atoms in total. The van der Waals surface area contributed by atoms with Gasteiger partial charge in [-0.2, -0.15) is 0 Å². The molecule has 0 aliphatic carbocycles. The van der Waals surface area contributed by atoms with Gasteiger partial charge in [0.15, 0.2) is 0 Å². The highest BCUT2D eigenvalue weighted by molar-refractivity contribution is 5.75. The number of rotatable bonds is 13. The van der Waals surface area contributed by atoms with Crippen LogP contribution in [0.25, 0.3) is 0 Å². The van der Waals surface area contributed by atoms with E-state index < -0.39 is 5.41 Å². The predicted octanol–water partition coefficient (Wildman–Crippen LogP) is 7.19. The average molecular weight is 379 g/mol. The third kappa shape index (κ3) is 14.2. The number of carbonyl (C=O) groups is 1. The Morgan fingerprint density at radius 3 is 1.81 bits per heavy atom. The van der Waals surface area contributed by atoms with Crippen molar-refractivity contribution in [2.75, 3.05) is 13.2 Å². The second kappa shape index (κ2) is 16.6. The molecule has 1 aromatic carbocycles. The van der Waals surface area contributed by atoms with Crippen molar-refractivity contribution in [2.24, 2.45) is 5.41 Å². The summed E-state index contributed by atoms with van der Waals surface area (Å²) in [6.45, 7) is 11.0. The van der Waals surface area contributed by atoms with Crippen LogP contribution in [0.15, 0.2) is 30.3 Å². The van der Waals surface area contributed by atoms with E-state index in [1.165, 1.54) is 51.4 Å². The molecule has 27 heavy (non-hydrogen) atoms. The van der Waals surface area contributed by atoms with Gasteiger partial charge in [-0.3, -0.25) is 4.79 Å². The molecule has 156 valence electrons. The van der Waals surface area contributed by atoms with Crippen molar-refractivity contribution in [3.63, 3.8) is 0 Å². The lowest BCUT2D eigenvalue weighted by Crippen LogP contribution is -2.27. The molecule has 0 saturated carbocycles. The van der Waals surface area contributed by atoms with E-state index in [1.807, 2.05) is 51.1 Å². The molecule has 0 aliphatic heterocycles. The Balaban J connectivity index is 0.000000580. The van der Waals surface area contributed by atoms with Gasteiger partial charge in [-0.1, -0.05) is 90.3 Å². The fourth-order valence-corrected chi connectivity index (χ4v) is 2.36. The summed E-state index contributed by atoms with van der Waals surface area (Å²) in [4.78, 5) is 11.6. The molecule has 0 bridgehead atoms. The van der Waals surface area contributed by atoms with Crippen molar-refractivity contribution in [2.45, 2.75) is 92.4 Å². The first-order valence-electron chi connectivity index (χ1n) is 10.8. The molecule has 1 aromatic rings. The lowest BCUT2D eigenvalue weighted by atomic mass is 9.91. The van der Waals surface area contributed by atoms with Crippen LogP contribution >= 0.6 is 0 Å². The van der Waals surface area contributed by atoms with Gasteiger partial charge in [0, 0.05) is 0 Å². The van der Waals surface area contributed by atoms with Crippen molar-refractivity contribution >= 4 is 5.97 Å². The van der Waals surface area contributed by atoms with Gasteiger partial charge in [-0.15, -0.1) is 0 Å². The molecule has 3 heteroatoms. The maximum Gasteiger partial charge on any atom is 0.311 e. The summed E-state index contributed by atoms with van der Waals surface area (Å²) in [5.41, 5.74) is -0.410. The first kappa shape index (κ1) is 25.5. The monoisotopic (exact) mass is 378 g/mol. The minimum absolute atomic E-state index is 0.170. The first-order chi connectivity index (χ1) is 13.0. The van der Waals surface area contributed by atoms with Gasteiger partial charge in [-0.25, -0.2) is 0 Å². The van der Waals surface area contributed by atoms with E-state index in [1.54, 1.807) is 0 Å². The molecule has 0 N–H and O–H groups in total. The molecule has 0 atom stereocenters. The second-order valence-corrected chi connectivity index (χ2v) is 7.66. The van der Waals surface area contributed by atoms with Crippen LogP contribution in [0.1, 0.15) is 92.4 Å². The van der Waals surface area contributed by atoms with Crippen LogP contribution in [0, 0.1) is 5.41 Å². The summed E-state index contributed by atoms with van der Waals surface area (Å²) < 4.78 is 10.6. The van der Waals surface area contributed by atoms with E-state index in [0.29, 0.717) is 6.61 Å². The zero-order valence-electron chi connectivity index (χ0n) is 18.4. The van der Waals surface area contributed by atoms with Gasteiger partial charge in [0.2, 0.25) is 0 Å². The number of hydrogen-bond acceptors (Lipinski definition) is 3. The fourth-order valence-electron chi connectivity index (χ4n) is 2.36. The molecule has 0 radical (unpaired) electrons. The number of benzene rings is 1. The fraction of sp³-hybridized carbons (Fsp3) is 0.708. The average Bonchev–Trinajstić information content (AvgIpc) is 2.69. The van der Waals surface area contributed by atoms with Gasteiger partial charge in [0.1, 0.15) is 19.0 Å². The molecule has 0 aliphatic rings. The molecule has 0 saturated heterocycles. The largest absolute Gasteiger partial charge is 0.490 e. The van der Waals surface area contributed by atoms with Crippen LogP contribution in [0.5, 0.6) is 5.75 Å². The second-order valence-electron chi connectivity index (χ2n) is 7.66. The summed E-state index contributed by atoms with van der Waals surface area (Å²) in [6.07, 6.45) is 12.2. The number of ether oxygens (including phenoxy) is 2. The van der Waals surface area contributed by atoms with Crippen LogP contribution in [-0.4, -0.2) is 19.2 Å². The van der Waals surface area contributed by atoms with Crippen LogP contribution < -0.4 is 4.74 Å². The minimum Gasteiger partial charge on any atom is -0.490 e. The van der Waals surface area contributed by atoms with Crippen molar-refractivity contribution < 1.29 is 14.3 Å².